The molecule has 1 amide bonds. The van der Waals surface area contributed by atoms with Crippen LogP contribution in [0.3, 0.4) is 0 Å². The van der Waals surface area contributed by atoms with Crippen molar-refractivity contribution in [2.24, 2.45) is 0 Å². The number of ether oxygens (including phenoxy) is 1. The fourth-order valence-electron chi connectivity index (χ4n) is 3.20. The van der Waals surface area contributed by atoms with Crippen LogP contribution in [-0.2, 0) is 11.4 Å². The summed E-state index contributed by atoms with van der Waals surface area (Å²) in [5.41, 5.74) is 3.90. The molecule has 5 nitrogen and oxygen atoms in total. The van der Waals surface area contributed by atoms with E-state index in [4.69, 9.17) is 21.6 Å². The molecule has 0 fully saturated rings. The molecule has 4 rings (SSSR count). The van der Waals surface area contributed by atoms with Gasteiger partial charge >= 0.3 is 0 Å². The number of amides is 1. The highest BCUT2D eigenvalue weighted by molar-refractivity contribution is 7.17. The van der Waals surface area contributed by atoms with Crippen LogP contribution in [-0.4, -0.2) is 17.4 Å². The molecule has 0 aliphatic heterocycles. The summed E-state index contributed by atoms with van der Waals surface area (Å²) in [5, 5.41) is 14.2. The van der Waals surface area contributed by atoms with Crippen molar-refractivity contribution < 1.29 is 9.53 Å². The second-order valence-corrected chi connectivity index (χ2v) is 8.58. The van der Waals surface area contributed by atoms with Gasteiger partial charge in [-0.25, -0.2) is 4.98 Å². The molecule has 164 valence electrons. The Bertz CT molecular complexity index is 1320. The van der Waals surface area contributed by atoms with Gasteiger partial charge in [-0.2, -0.15) is 5.26 Å². The summed E-state index contributed by atoms with van der Waals surface area (Å²) in [7, 11) is 0. The van der Waals surface area contributed by atoms with Crippen molar-refractivity contribution in [2.45, 2.75) is 13.0 Å². The SMILES string of the molecule is N#CCCNC(=O)/C(=C/c1ccc(Cl)cc1)c1ccc(OCc2ccc3sccc3n2)cc1. The van der Waals surface area contributed by atoms with E-state index >= 15 is 0 Å². The fraction of sp³-hybridized carbons (Fsp3) is 0.115. The lowest BCUT2D eigenvalue weighted by Gasteiger charge is -2.11. The van der Waals surface area contributed by atoms with E-state index in [9.17, 15) is 4.79 Å². The van der Waals surface area contributed by atoms with Crippen LogP contribution >= 0.6 is 22.9 Å². The molecule has 2 heterocycles. The van der Waals surface area contributed by atoms with Crippen LogP contribution in [0.15, 0.2) is 72.1 Å². The minimum absolute atomic E-state index is 0.248. The maximum absolute atomic E-state index is 12.8. The molecule has 4 aromatic rings. The van der Waals surface area contributed by atoms with Crippen LogP contribution in [0.5, 0.6) is 5.75 Å². The summed E-state index contributed by atoms with van der Waals surface area (Å²) in [4.78, 5) is 17.4. The lowest BCUT2D eigenvalue weighted by atomic mass is 10.0. The molecular formula is C26H20ClN3O2S. The first-order valence-electron chi connectivity index (χ1n) is 10.3. The lowest BCUT2D eigenvalue weighted by molar-refractivity contribution is -0.115. The van der Waals surface area contributed by atoms with Crippen molar-refractivity contribution >= 4 is 50.7 Å². The van der Waals surface area contributed by atoms with Gasteiger partial charge in [-0.1, -0.05) is 35.9 Å². The Morgan fingerprint density at radius 1 is 1.09 bits per heavy atom. The number of nitrogens with one attached hydrogen (secondary N) is 1. The van der Waals surface area contributed by atoms with Gasteiger partial charge in [0.25, 0.3) is 5.91 Å². The van der Waals surface area contributed by atoms with Gasteiger partial charge in [-0.05, 0) is 65.0 Å². The molecule has 0 spiro atoms. The molecule has 2 aromatic heterocycles. The molecule has 7 heteroatoms. The Balaban J connectivity index is 1.50. The Morgan fingerprint density at radius 3 is 2.64 bits per heavy atom. The number of carbonyl (C=O) groups excluding carboxylic acids is 1. The molecule has 0 aliphatic rings. The molecule has 1 N–H and O–H groups in total. The third-order valence-corrected chi connectivity index (χ3v) is 5.99. The topological polar surface area (TPSA) is 75.0 Å². The number of hydrogen-bond acceptors (Lipinski definition) is 5. The van der Waals surface area contributed by atoms with Gasteiger partial charge in [0.15, 0.2) is 0 Å². The predicted octanol–water partition coefficient (Wildman–Crippen LogP) is 6.10. The average molecular weight is 474 g/mol. The number of nitriles is 1. The highest BCUT2D eigenvalue weighted by atomic mass is 35.5. The highest BCUT2D eigenvalue weighted by Crippen LogP contribution is 2.24. The van der Waals surface area contributed by atoms with Gasteiger partial charge in [0, 0.05) is 17.1 Å². The number of hydrogen-bond donors (Lipinski definition) is 1. The molecule has 0 aliphatic carbocycles. The van der Waals surface area contributed by atoms with Crippen molar-refractivity contribution in [3.63, 3.8) is 0 Å². The maximum Gasteiger partial charge on any atom is 0.251 e. The zero-order chi connectivity index (χ0) is 23.0. The molecule has 0 radical (unpaired) electrons. The molecule has 2 aromatic carbocycles. The van der Waals surface area contributed by atoms with E-state index in [1.807, 2.05) is 66.0 Å². The van der Waals surface area contributed by atoms with Crippen molar-refractivity contribution in [1.29, 1.82) is 5.26 Å². The summed E-state index contributed by atoms with van der Waals surface area (Å²) in [6.45, 7) is 0.642. The second kappa shape index (κ2) is 10.8. The molecular weight excluding hydrogens is 454 g/mol. The van der Waals surface area contributed by atoms with Crippen molar-refractivity contribution in [3.8, 4) is 11.8 Å². The number of pyridine rings is 1. The maximum atomic E-state index is 12.8. The van der Waals surface area contributed by atoms with Crippen LogP contribution in [0.25, 0.3) is 21.9 Å². The van der Waals surface area contributed by atoms with Crippen LogP contribution in [0.1, 0.15) is 23.2 Å². The van der Waals surface area contributed by atoms with E-state index in [2.05, 4.69) is 10.3 Å². The van der Waals surface area contributed by atoms with Gasteiger partial charge in [0.1, 0.15) is 12.4 Å². The standard InChI is InChI=1S/C26H20ClN3O2S/c27-20-6-2-18(3-7-20)16-23(26(31)29-14-1-13-28)19-4-9-22(10-5-19)32-17-21-8-11-25-24(30-21)12-15-33-25/h2-12,15-16H,1,14,17H2,(H,29,31)/b23-16+. The third-order valence-electron chi connectivity index (χ3n) is 4.86. The lowest BCUT2D eigenvalue weighted by Crippen LogP contribution is -2.25. The van der Waals surface area contributed by atoms with Crippen LogP contribution in [0.2, 0.25) is 5.02 Å². The number of nitrogens with zero attached hydrogens (tertiary/aromatic N) is 2. The Morgan fingerprint density at radius 2 is 1.88 bits per heavy atom. The molecule has 0 atom stereocenters. The number of rotatable bonds is 8. The molecule has 0 saturated carbocycles. The first-order chi connectivity index (χ1) is 16.1. The van der Waals surface area contributed by atoms with Crippen LogP contribution in [0, 0.1) is 11.3 Å². The predicted molar refractivity (Wildman–Crippen MR) is 133 cm³/mol. The van der Waals surface area contributed by atoms with E-state index in [0.717, 1.165) is 27.0 Å². The summed E-state index contributed by atoms with van der Waals surface area (Å²) < 4.78 is 7.04. The van der Waals surface area contributed by atoms with E-state index < -0.39 is 0 Å². The van der Waals surface area contributed by atoms with Gasteiger partial charge in [0.2, 0.25) is 0 Å². The monoisotopic (exact) mass is 473 g/mol. The highest BCUT2D eigenvalue weighted by Gasteiger charge is 2.12. The molecule has 0 unspecified atom stereocenters. The third kappa shape index (κ3) is 5.98. The first-order valence-corrected chi connectivity index (χ1v) is 11.6. The average Bonchev–Trinajstić information content (AvgIpc) is 3.31. The number of aromatic nitrogens is 1. The molecule has 33 heavy (non-hydrogen) atoms. The largest absolute Gasteiger partial charge is 0.487 e. The molecule has 0 saturated heterocycles. The minimum Gasteiger partial charge on any atom is -0.487 e. The first kappa shape index (κ1) is 22.5. The molecule has 0 bridgehead atoms. The Hall–Kier alpha value is -3.66. The van der Waals surface area contributed by atoms with E-state index in [1.54, 1.807) is 29.5 Å². The summed E-state index contributed by atoms with van der Waals surface area (Å²) >= 11 is 7.64. The number of thiophene rings is 1. The van der Waals surface area contributed by atoms with Crippen LogP contribution < -0.4 is 10.1 Å². The zero-order valence-corrected chi connectivity index (χ0v) is 19.2. The van der Waals surface area contributed by atoms with Gasteiger partial charge in [-0.15, -0.1) is 11.3 Å². The smallest absolute Gasteiger partial charge is 0.251 e. The Kier molecular flexibility index (Phi) is 7.36. The van der Waals surface area contributed by atoms with E-state index in [1.165, 1.54) is 0 Å². The van der Waals surface area contributed by atoms with Gasteiger partial charge in [-0.3, -0.25) is 4.79 Å². The fourth-order valence-corrected chi connectivity index (χ4v) is 4.05. The van der Waals surface area contributed by atoms with Gasteiger partial charge in [0.05, 0.1) is 28.4 Å². The number of benzene rings is 2. The van der Waals surface area contributed by atoms with Crippen molar-refractivity contribution in [2.75, 3.05) is 6.54 Å². The van der Waals surface area contributed by atoms with E-state index in [0.29, 0.717) is 23.0 Å². The second-order valence-electron chi connectivity index (χ2n) is 7.19. The number of fused-ring (bicyclic) bond motifs is 1. The quantitative estimate of drug-likeness (QED) is 0.190. The summed E-state index contributed by atoms with van der Waals surface area (Å²) in [6.07, 6.45) is 2.05. The summed E-state index contributed by atoms with van der Waals surface area (Å²) in [6, 6.07) is 22.6. The number of halogens is 1. The Labute approximate surface area is 200 Å². The minimum atomic E-state index is -0.248. The van der Waals surface area contributed by atoms with Crippen molar-refractivity contribution in [1.82, 2.24) is 10.3 Å². The van der Waals surface area contributed by atoms with Crippen molar-refractivity contribution in [3.05, 3.63) is 94.0 Å². The van der Waals surface area contributed by atoms with E-state index in [-0.39, 0.29) is 18.9 Å². The number of carbonyl (C=O) groups is 1. The normalized spacial score (nSPS) is 11.2. The van der Waals surface area contributed by atoms with Crippen LogP contribution in [0.4, 0.5) is 0 Å². The van der Waals surface area contributed by atoms with Gasteiger partial charge < -0.3 is 10.1 Å². The summed E-state index contributed by atoms with van der Waals surface area (Å²) in [5.74, 6) is 0.434. The zero-order valence-electron chi connectivity index (χ0n) is 17.6.